The predicted molar refractivity (Wildman–Crippen MR) is 97.0 cm³/mol. The van der Waals surface area contributed by atoms with Gasteiger partial charge in [-0.05, 0) is 35.7 Å². The number of rotatable bonds is 4. The van der Waals surface area contributed by atoms with E-state index in [9.17, 15) is 4.79 Å². The van der Waals surface area contributed by atoms with Gasteiger partial charge in [-0.3, -0.25) is 4.79 Å². The molecule has 2 aromatic carbocycles. The molecule has 0 atom stereocenters. The van der Waals surface area contributed by atoms with Crippen LogP contribution in [0, 0.1) is 0 Å². The van der Waals surface area contributed by atoms with Gasteiger partial charge in [-0.2, -0.15) is 0 Å². The van der Waals surface area contributed by atoms with Crippen molar-refractivity contribution in [2.45, 2.75) is 19.5 Å². The summed E-state index contributed by atoms with van der Waals surface area (Å²) in [7, 11) is 1.69. The Hall–Kier alpha value is -3.15. The maximum absolute atomic E-state index is 13.0. The second kappa shape index (κ2) is 7.00. The van der Waals surface area contributed by atoms with E-state index in [2.05, 4.69) is 16.4 Å². The van der Waals surface area contributed by atoms with Crippen LogP contribution in [0.25, 0.3) is 0 Å². The highest BCUT2D eigenvalue weighted by Gasteiger charge is 2.23. The molecule has 1 aliphatic rings. The molecular formula is C20H20N4O2. The van der Waals surface area contributed by atoms with Gasteiger partial charge in [0.25, 0.3) is 5.91 Å². The first-order valence-electron chi connectivity index (χ1n) is 8.61. The van der Waals surface area contributed by atoms with E-state index in [0.29, 0.717) is 25.2 Å². The largest absolute Gasteiger partial charge is 0.496 e. The maximum atomic E-state index is 13.0. The molecule has 0 radical (unpaired) electrons. The fourth-order valence-electron chi connectivity index (χ4n) is 3.43. The molecular weight excluding hydrogens is 328 g/mol. The summed E-state index contributed by atoms with van der Waals surface area (Å²) in [5.74, 6) is 0.961. The van der Waals surface area contributed by atoms with Gasteiger partial charge in [-0.1, -0.05) is 29.5 Å². The number of hydrogen-bond acceptors (Lipinski definition) is 4. The van der Waals surface area contributed by atoms with Crippen LogP contribution in [0.5, 0.6) is 5.75 Å². The summed E-state index contributed by atoms with van der Waals surface area (Å²) in [5.41, 5.74) is 4.09. The first-order chi connectivity index (χ1) is 12.7. The van der Waals surface area contributed by atoms with Gasteiger partial charge in [0.2, 0.25) is 0 Å². The molecule has 6 nitrogen and oxygen atoms in total. The first kappa shape index (κ1) is 16.3. The second-order valence-corrected chi connectivity index (χ2v) is 6.38. The Morgan fingerprint density at radius 1 is 1.23 bits per heavy atom. The maximum Gasteiger partial charge on any atom is 0.254 e. The Bertz CT molecular complexity index is 921. The van der Waals surface area contributed by atoms with Crippen LogP contribution in [-0.4, -0.2) is 39.5 Å². The van der Waals surface area contributed by atoms with Crippen LogP contribution in [0.3, 0.4) is 0 Å². The highest BCUT2D eigenvalue weighted by molar-refractivity contribution is 5.94. The van der Waals surface area contributed by atoms with Gasteiger partial charge in [0.05, 0.1) is 19.9 Å². The molecule has 1 amide bonds. The number of aromatic nitrogens is 3. The van der Waals surface area contributed by atoms with Gasteiger partial charge in [-0.25, -0.2) is 4.68 Å². The van der Waals surface area contributed by atoms with E-state index in [1.54, 1.807) is 18.0 Å². The molecule has 132 valence electrons. The van der Waals surface area contributed by atoms with Gasteiger partial charge in [0.1, 0.15) is 5.75 Å². The quantitative estimate of drug-likeness (QED) is 0.727. The minimum Gasteiger partial charge on any atom is -0.496 e. The van der Waals surface area contributed by atoms with Crippen molar-refractivity contribution in [1.82, 2.24) is 19.9 Å². The van der Waals surface area contributed by atoms with Crippen molar-refractivity contribution in [2.24, 2.45) is 0 Å². The van der Waals surface area contributed by atoms with Crippen molar-refractivity contribution >= 4 is 5.91 Å². The lowest BCUT2D eigenvalue weighted by molar-refractivity contribution is 0.0733. The van der Waals surface area contributed by atoms with Crippen LogP contribution >= 0.6 is 0 Å². The summed E-state index contributed by atoms with van der Waals surface area (Å²) in [4.78, 5) is 14.9. The van der Waals surface area contributed by atoms with Crippen molar-refractivity contribution in [3.8, 4) is 5.75 Å². The minimum atomic E-state index is 0.0545. The minimum absolute atomic E-state index is 0.0545. The lowest BCUT2D eigenvalue weighted by Gasteiger charge is -2.30. The molecule has 0 fully saturated rings. The standard InChI is InChI=1S/C20H20N4O2/c1-26-19-7-3-6-17-14-23(10-8-18(17)19)20(25)16-5-2-4-15(12-16)13-24-11-9-21-22-24/h2-7,9,11-12H,8,10,13-14H2,1H3. The molecule has 0 unspecified atom stereocenters. The molecule has 3 aromatic rings. The Morgan fingerprint density at radius 3 is 2.92 bits per heavy atom. The summed E-state index contributed by atoms with van der Waals surface area (Å²) in [5, 5.41) is 7.79. The summed E-state index contributed by atoms with van der Waals surface area (Å²) in [6.45, 7) is 1.90. The number of hydrogen-bond donors (Lipinski definition) is 0. The fourth-order valence-corrected chi connectivity index (χ4v) is 3.43. The van der Waals surface area contributed by atoms with E-state index in [-0.39, 0.29) is 5.91 Å². The second-order valence-electron chi connectivity index (χ2n) is 6.38. The number of methoxy groups -OCH3 is 1. The predicted octanol–water partition coefficient (Wildman–Crippen LogP) is 2.53. The lowest BCUT2D eigenvalue weighted by Crippen LogP contribution is -2.36. The van der Waals surface area contributed by atoms with E-state index in [4.69, 9.17) is 4.74 Å². The van der Waals surface area contributed by atoms with Gasteiger partial charge < -0.3 is 9.64 Å². The molecule has 1 aliphatic heterocycles. The summed E-state index contributed by atoms with van der Waals surface area (Å²) < 4.78 is 7.18. The Balaban J connectivity index is 1.53. The highest BCUT2D eigenvalue weighted by atomic mass is 16.5. The van der Waals surface area contributed by atoms with Gasteiger partial charge in [0, 0.05) is 30.4 Å². The summed E-state index contributed by atoms with van der Waals surface area (Å²) in [6, 6.07) is 13.7. The normalized spacial score (nSPS) is 13.3. The van der Waals surface area contributed by atoms with Crippen LogP contribution < -0.4 is 4.74 Å². The third kappa shape index (κ3) is 3.18. The number of benzene rings is 2. The number of fused-ring (bicyclic) bond motifs is 1. The van der Waals surface area contributed by atoms with Crippen molar-refractivity contribution < 1.29 is 9.53 Å². The molecule has 0 saturated heterocycles. The number of carbonyl (C=O) groups excluding carboxylic acids is 1. The molecule has 6 heteroatoms. The monoisotopic (exact) mass is 348 g/mol. The molecule has 2 heterocycles. The molecule has 0 aliphatic carbocycles. The van der Waals surface area contributed by atoms with Crippen molar-refractivity contribution in [2.75, 3.05) is 13.7 Å². The fraction of sp³-hybridized carbons (Fsp3) is 0.250. The average molecular weight is 348 g/mol. The van der Waals surface area contributed by atoms with E-state index in [1.807, 2.05) is 47.5 Å². The number of nitrogens with zero attached hydrogens (tertiary/aromatic N) is 4. The molecule has 1 aromatic heterocycles. The third-order valence-electron chi connectivity index (χ3n) is 4.72. The van der Waals surface area contributed by atoms with Crippen LogP contribution in [-0.2, 0) is 19.5 Å². The molecule has 26 heavy (non-hydrogen) atoms. The van der Waals surface area contributed by atoms with Gasteiger partial charge in [0.15, 0.2) is 0 Å². The Kier molecular flexibility index (Phi) is 4.39. The average Bonchev–Trinajstić information content (AvgIpc) is 3.19. The van der Waals surface area contributed by atoms with Crippen molar-refractivity contribution in [3.63, 3.8) is 0 Å². The molecule has 4 rings (SSSR count). The van der Waals surface area contributed by atoms with E-state index < -0.39 is 0 Å². The number of carbonyl (C=O) groups is 1. The highest BCUT2D eigenvalue weighted by Crippen LogP contribution is 2.28. The van der Waals surface area contributed by atoms with Crippen LogP contribution in [0.4, 0.5) is 0 Å². The Morgan fingerprint density at radius 2 is 2.12 bits per heavy atom. The number of ether oxygens (including phenoxy) is 1. The lowest BCUT2D eigenvalue weighted by atomic mass is 9.98. The van der Waals surface area contributed by atoms with Crippen molar-refractivity contribution in [1.29, 1.82) is 0 Å². The van der Waals surface area contributed by atoms with Gasteiger partial charge >= 0.3 is 0 Å². The Labute approximate surface area is 152 Å². The molecule has 0 bridgehead atoms. The summed E-state index contributed by atoms with van der Waals surface area (Å²) in [6.07, 6.45) is 4.27. The van der Waals surface area contributed by atoms with Gasteiger partial charge in [-0.15, -0.1) is 5.10 Å². The summed E-state index contributed by atoms with van der Waals surface area (Å²) >= 11 is 0. The van der Waals surface area contributed by atoms with E-state index in [1.165, 1.54) is 5.56 Å². The van der Waals surface area contributed by atoms with Crippen LogP contribution in [0.1, 0.15) is 27.0 Å². The van der Waals surface area contributed by atoms with Crippen LogP contribution in [0.2, 0.25) is 0 Å². The van der Waals surface area contributed by atoms with Crippen molar-refractivity contribution in [3.05, 3.63) is 77.1 Å². The van der Waals surface area contributed by atoms with Crippen LogP contribution in [0.15, 0.2) is 54.9 Å². The smallest absolute Gasteiger partial charge is 0.254 e. The topological polar surface area (TPSA) is 60.2 Å². The molecule has 0 saturated carbocycles. The zero-order valence-corrected chi connectivity index (χ0v) is 14.6. The third-order valence-corrected chi connectivity index (χ3v) is 4.72. The zero-order chi connectivity index (χ0) is 17.9. The van der Waals surface area contributed by atoms with E-state index >= 15 is 0 Å². The first-order valence-corrected chi connectivity index (χ1v) is 8.61. The van der Waals surface area contributed by atoms with E-state index in [0.717, 1.165) is 23.3 Å². The number of amides is 1. The SMILES string of the molecule is COc1cccc2c1CCN(C(=O)c1cccc(Cn3ccnn3)c1)C2. The molecule has 0 N–H and O–H groups in total. The molecule has 0 spiro atoms. The zero-order valence-electron chi connectivity index (χ0n) is 14.6.